The number of aliphatic carboxylic acids is 1. The van der Waals surface area contributed by atoms with E-state index >= 15 is 0 Å². The number of carboxylic acid groups (broad SMARTS) is 1. The van der Waals surface area contributed by atoms with Crippen LogP contribution in [0, 0.1) is 0 Å². The molecule has 0 bridgehead atoms. The number of hydrogen-bond donors (Lipinski definition) is 3. The molecule has 470 valence electrons. The maximum absolute atomic E-state index is 13.2. The van der Waals surface area contributed by atoms with E-state index in [0.29, 0.717) is 19.3 Å². The normalized spacial score (nSPS) is 18.0. The molecule has 1 saturated heterocycles. The van der Waals surface area contributed by atoms with Crippen molar-refractivity contribution < 1.29 is 58.2 Å². The summed E-state index contributed by atoms with van der Waals surface area (Å²) in [5, 5.41) is 31.6. The fraction of sp³-hybridized carbons (Fsp3) is 0.826. The lowest BCUT2D eigenvalue weighted by Crippen LogP contribution is -2.61. The summed E-state index contributed by atoms with van der Waals surface area (Å²) in [4.78, 5) is 51.4. The summed E-state index contributed by atoms with van der Waals surface area (Å²) in [5.41, 5.74) is 0. The van der Waals surface area contributed by atoms with E-state index in [0.717, 1.165) is 116 Å². The van der Waals surface area contributed by atoms with Crippen LogP contribution in [0.2, 0.25) is 0 Å². The highest BCUT2D eigenvalue weighted by Crippen LogP contribution is 2.27. The summed E-state index contributed by atoms with van der Waals surface area (Å²) >= 11 is 0. The van der Waals surface area contributed by atoms with Gasteiger partial charge in [0, 0.05) is 19.3 Å². The Morgan fingerprint density at radius 2 is 0.741 bits per heavy atom. The summed E-state index contributed by atoms with van der Waals surface area (Å²) in [6.45, 7) is 5.99. The van der Waals surface area contributed by atoms with Gasteiger partial charge in [-0.25, -0.2) is 4.79 Å². The van der Waals surface area contributed by atoms with E-state index in [1.807, 2.05) is 0 Å². The second-order valence-corrected chi connectivity index (χ2v) is 23.1. The first-order valence-corrected chi connectivity index (χ1v) is 33.6. The largest absolute Gasteiger partial charge is 0.479 e. The molecule has 1 heterocycles. The maximum Gasteiger partial charge on any atom is 0.335 e. The topological polar surface area (TPSA) is 175 Å². The van der Waals surface area contributed by atoms with Crippen LogP contribution in [0.4, 0.5) is 0 Å². The van der Waals surface area contributed by atoms with Crippen LogP contribution >= 0.6 is 0 Å². The molecule has 1 rings (SSSR count). The van der Waals surface area contributed by atoms with Crippen molar-refractivity contribution in [2.45, 2.75) is 353 Å². The average molecular weight is 1140 g/mol. The Kier molecular flexibility index (Phi) is 53.4. The minimum Gasteiger partial charge on any atom is -0.479 e. The third kappa shape index (κ3) is 46.7. The van der Waals surface area contributed by atoms with Gasteiger partial charge in [-0.2, -0.15) is 0 Å². The molecule has 0 radical (unpaired) electrons. The number of rotatable bonds is 58. The van der Waals surface area contributed by atoms with Gasteiger partial charge in [-0.1, -0.05) is 262 Å². The summed E-state index contributed by atoms with van der Waals surface area (Å²) < 4.78 is 28.6. The van der Waals surface area contributed by atoms with Gasteiger partial charge in [0.05, 0.1) is 6.61 Å². The van der Waals surface area contributed by atoms with Crippen LogP contribution in [-0.2, 0) is 42.9 Å². The number of hydrogen-bond acceptors (Lipinski definition) is 11. The number of carbonyl (C=O) groups is 4. The molecule has 0 spiro atoms. The highest BCUT2D eigenvalue weighted by molar-refractivity contribution is 5.74. The standard InChI is InChI=1S/C69H122O12/c1-4-7-10-13-16-19-22-25-28-31-34-37-40-43-46-49-52-55-61(70)77-58-60(79-62(71)56-53-50-47-44-41-38-35-32-29-26-23-20-17-14-11-8-5-2)59-78-69-67(65(74)64(73)66(81-69)68(75)76)80-63(72)57-54-51-48-45-42-39-36-33-30-27-24-21-18-15-12-9-6-3/h16,18-19,21,25,27-28,30,60,64-67,69,73-74H,4-15,17,20,22-24,26,29,31-59H2,1-3H3,(H,75,76)/b19-16-,21-18-,28-25-,30-27-. The van der Waals surface area contributed by atoms with Gasteiger partial charge >= 0.3 is 23.9 Å². The molecule has 1 fully saturated rings. The molecule has 0 aliphatic carbocycles. The number of unbranched alkanes of at least 4 members (excludes halogenated alkanes) is 36. The second-order valence-electron chi connectivity index (χ2n) is 23.1. The molecule has 6 atom stereocenters. The molecular weight excluding hydrogens is 1020 g/mol. The van der Waals surface area contributed by atoms with Crippen molar-refractivity contribution >= 4 is 23.9 Å². The van der Waals surface area contributed by atoms with Gasteiger partial charge in [0.2, 0.25) is 0 Å². The first-order valence-electron chi connectivity index (χ1n) is 33.6. The van der Waals surface area contributed by atoms with Gasteiger partial charge in [-0.15, -0.1) is 0 Å². The third-order valence-corrected chi connectivity index (χ3v) is 15.4. The number of carboxylic acids is 1. The number of allylic oxidation sites excluding steroid dienone is 8. The summed E-state index contributed by atoms with van der Waals surface area (Å²) in [6, 6.07) is 0. The Bertz CT molecular complexity index is 1590. The summed E-state index contributed by atoms with van der Waals surface area (Å²) in [6.07, 6.45) is 57.7. The van der Waals surface area contributed by atoms with E-state index < -0.39 is 67.3 Å². The van der Waals surface area contributed by atoms with Crippen molar-refractivity contribution in [3.63, 3.8) is 0 Å². The van der Waals surface area contributed by atoms with Gasteiger partial charge in [0.1, 0.15) is 18.8 Å². The summed E-state index contributed by atoms with van der Waals surface area (Å²) in [5.74, 6) is -3.11. The third-order valence-electron chi connectivity index (χ3n) is 15.4. The van der Waals surface area contributed by atoms with Gasteiger partial charge in [0.15, 0.2) is 24.6 Å². The molecule has 6 unspecified atom stereocenters. The Hall–Kier alpha value is -3.32. The maximum atomic E-state index is 13.2. The first-order chi connectivity index (χ1) is 39.6. The molecule has 81 heavy (non-hydrogen) atoms. The van der Waals surface area contributed by atoms with E-state index in [1.165, 1.54) is 141 Å². The van der Waals surface area contributed by atoms with Gasteiger partial charge < -0.3 is 39.0 Å². The van der Waals surface area contributed by atoms with Gasteiger partial charge in [-0.3, -0.25) is 14.4 Å². The molecule has 0 aromatic rings. The number of ether oxygens (including phenoxy) is 5. The van der Waals surface area contributed by atoms with Crippen molar-refractivity contribution in [3.05, 3.63) is 48.6 Å². The number of esters is 3. The van der Waals surface area contributed by atoms with Crippen LogP contribution in [0.3, 0.4) is 0 Å². The molecular formula is C69H122O12. The second kappa shape index (κ2) is 57.1. The van der Waals surface area contributed by atoms with Crippen LogP contribution in [0.1, 0.15) is 316 Å². The Morgan fingerprint density at radius 1 is 0.407 bits per heavy atom. The van der Waals surface area contributed by atoms with Gasteiger partial charge in [0.25, 0.3) is 0 Å². The molecule has 12 nitrogen and oxygen atoms in total. The Labute approximate surface area is 494 Å². The van der Waals surface area contributed by atoms with Crippen molar-refractivity contribution in [1.82, 2.24) is 0 Å². The van der Waals surface area contributed by atoms with Gasteiger partial charge in [-0.05, 0) is 83.5 Å². The Morgan fingerprint density at radius 3 is 1.14 bits per heavy atom. The molecule has 3 N–H and O–H groups in total. The highest BCUT2D eigenvalue weighted by Gasteiger charge is 2.50. The van der Waals surface area contributed by atoms with E-state index in [1.54, 1.807) is 0 Å². The zero-order valence-electron chi connectivity index (χ0n) is 52.0. The van der Waals surface area contributed by atoms with E-state index in [2.05, 4.69) is 69.4 Å². The van der Waals surface area contributed by atoms with Crippen molar-refractivity contribution in [2.24, 2.45) is 0 Å². The fourth-order valence-corrected chi connectivity index (χ4v) is 10.2. The molecule has 0 amide bonds. The minimum atomic E-state index is -1.91. The monoisotopic (exact) mass is 1140 g/mol. The van der Waals surface area contributed by atoms with E-state index in [9.17, 15) is 34.5 Å². The molecule has 0 aromatic heterocycles. The zero-order valence-corrected chi connectivity index (χ0v) is 52.0. The summed E-state index contributed by atoms with van der Waals surface area (Å²) in [7, 11) is 0. The van der Waals surface area contributed by atoms with Crippen LogP contribution in [0.25, 0.3) is 0 Å². The van der Waals surface area contributed by atoms with E-state index in [-0.39, 0.29) is 25.9 Å². The number of aliphatic hydroxyl groups excluding tert-OH is 2. The fourth-order valence-electron chi connectivity index (χ4n) is 10.2. The van der Waals surface area contributed by atoms with Crippen LogP contribution in [-0.4, -0.2) is 89.2 Å². The number of aliphatic hydroxyl groups is 2. The smallest absolute Gasteiger partial charge is 0.335 e. The van der Waals surface area contributed by atoms with Crippen molar-refractivity contribution in [2.75, 3.05) is 13.2 Å². The SMILES string of the molecule is CCCCC/C=C\C/C=C\CCCCCCCCCC(=O)OCC(COC1OC(C(=O)O)C(O)C(O)C1OC(=O)CCCCCCCCC/C=C\C/C=C\CCCCC)OC(=O)CCCCCCCCCCCCCCCCCCC. The highest BCUT2D eigenvalue weighted by atomic mass is 16.7. The number of carbonyl (C=O) groups excluding carboxylic acids is 3. The van der Waals surface area contributed by atoms with Crippen molar-refractivity contribution in [3.8, 4) is 0 Å². The Balaban J connectivity index is 2.65. The molecule has 0 aromatic carbocycles. The predicted octanol–water partition coefficient (Wildman–Crippen LogP) is 18.1. The predicted molar refractivity (Wildman–Crippen MR) is 331 cm³/mol. The molecule has 12 heteroatoms. The lowest BCUT2D eigenvalue weighted by molar-refractivity contribution is -0.301. The molecule has 1 aliphatic heterocycles. The van der Waals surface area contributed by atoms with E-state index in [4.69, 9.17) is 23.7 Å². The van der Waals surface area contributed by atoms with Crippen LogP contribution < -0.4 is 0 Å². The van der Waals surface area contributed by atoms with Crippen molar-refractivity contribution in [1.29, 1.82) is 0 Å². The van der Waals surface area contributed by atoms with Crippen LogP contribution in [0.5, 0.6) is 0 Å². The lowest BCUT2D eigenvalue weighted by atomic mass is 9.98. The first kappa shape index (κ1) is 75.7. The lowest BCUT2D eigenvalue weighted by Gasteiger charge is -2.40. The average Bonchev–Trinajstić information content (AvgIpc) is 3.53. The minimum absolute atomic E-state index is 0.0530. The molecule has 1 aliphatic rings. The van der Waals surface area contributed by atoms with Crippen LogP contribution in [0.15, 0.2) is 48.6 Å². The quantitative estimate of drug-likeness (QED) is 0.0228. The molecule has 0 saturated carbocycles. The zero-order chi connectivity index (χ0) is 58.9.